The van der Waals surface area contributed by atoms with Gasteiger partial charge in [0.2, 0.25) is 0 Å². The minimum absolute atomic E-state index is 0.0923. The number of nitrogens with zero attached hydrogens (tertiary/aromatic N) is 1. The van der Waals surface area contributed by atoms with E-state index < -0.39 is 5.97 Å². The summed E-state index contributed by atoms with van der Waals surface area (Å²) in [5, 5.41) is 11.5. The highest BCUT2D eigenvalue weighted by atomic mass is 16.4. The maximum Gasteiger partial charge on any atom is 0.303 e. The minimum atomic E-state index is -0.833. The van der Waals surface area contributed by atoms with Crippen LogP contribution in [-0.4, -0.2) is 20.9 Å². The Morgan fingerprint density at radius 1 is 1.32 bits per heavy atom. The second kappa shape index (κ2) is 5.43. The summed E-state index contributed by atoms with van der Waals surface area (Å²) >= 11 is 0. The van der Waals surface area contributed by atoms with Crippen LogP contribution in [0.15, 0.2) is 35.1 Å². The molecule has 0 amide bonds. The summed E-state index contributed by atoms with van der Waals surface area (Å²) in [4.78, 5) is 22.2. The smallest absolute Gasteiger partial charge is 0.303 e. The predicted octanol–water partition coefficient (Wildman–Crippen LogP) is 1.16. The van der Waals surface area contributed by atoms with Crippen molar-refractivity contribution in [2.45, 2.75) is 19.3 Å². The molecule has 0 aliphatic heterocycles. The summed E-state index contributed by atoms with van der Waals surface area (Å²) in [6, 6.07) is 8.40. The van der Waals surface area contributed by atoms with E-state index in [1.165, 1.54) is 10.7 Å². The third kappa shape index (κ3) is 3.25. The summed E-state index contributed by atoms with van der Waals surface area (Å²) in [6.07, 6.45) is 1.12. The first-order valence-electron chi connectivity index (χ1n) is 5.95. The van der Waals surface area contributed by atoms with E-state index in [-0.39, 0.29) is 12.0 Å². The van der Waals surface area contributed by atoms with Gasteiger partial charge in [-0.05, 0) is 37.1 Å². The third-order valence-electron chi connectivity index (χ3n) is 2.76. The van der Waals surface area contributed by atoms with Gasteiger partial charge in [0.25, 0.3) is 5.56 Å². The lowest BCUT2D eigenvalue weighted by Gasteiger charge is -2.02. The molecule has 0 fully saturated rings. The summed E-state index contributed by atoms with van der Waals surface area (Å²) in [6.45, 7) is 0. The average molecular weight is 261 g/mol. The van der Waals surface area contributed by atoms with Gasteiger partial charge in [0.15, 0.2) is 0 Å². The van der Waals surface area contributed by atoms with Crippen molar-refractivity contribution in [2.75, 3.05) is 5.73 Å². The monoisotopic (exact) mass is 261 g/mol. The lowest BCUT2D eigenvalue weighted by atomic mass is 10.2. The number of H-pyrrole nitrogens is 1. The Kier molecular flexibility index (Phi) is 3.70. The molecule has 0 bridgehead atoms. The molecular formula is C13H15N3O3. The van der Waals surface area contributed by atoms with E-state index in [1.54, 1.807) is 24.3 Å². The van der Waals surface area contributed by atoms with E-state index in [2.05, 4.69) is 5.10 Å². The molecule has 0 aliphatic rings. The van der Waals surface area contributed by atoms with Crippen LogP contribution in [-0.2, 0) is 11.2 Å². The van der Waals surface area contributed by atoms with Gasteiger partial charge in [-0.15, -0.1) is 0 Å². The topological polar surface area (TPSA) is 101 Å². The molecule has 4 N–H and O–H groups in total. The number of nitrogen functional groups attached to an aromatic ring is 1. The van der Waals surface area contributed by atoms with Gasteiger partial charge in [0, 0.05) is 23.9 Å². The number of aryl methyl sites for hydroxylation is 1. The zero-order valence-electron chi connectivity index (χ0n) is 10.3. The normalized spacial score (nSPS) is 10.5. The lowest BCUT2D eigenvalue weighted by Crippen LogP contribution is -2.13. The van der Waals surface area contributed by atoms with E-state index in [9.17, 15) is 9.59 Å². The molecule has 1 aromatic carbocycles. The Hall–Kier alpha value is -2.50. The molecule has 0 saturated heterocycles. The SMILES string of the molecule is Nc1ccc(-n2[nH]c(CCCC(=O)O)cc2=O)cc1. The highest BCUT2D eigenvalue weighted by molar-refractivity contribution is 5.66. The Morgan fingerprint density at radius 3 is 2.63 bits per heavy atom. The van der Waals surface area contributed by atoms with Gasteiger partial charge in [-0.1, -0.05) is 0 Å². The number of nitrogens with one attached hydrogen (secondary N) is 1. The number of anilines is 1. The van der Waals surface area contributed by atoms with E-state index in [1.807, 2.05) is 0 Å². The van der Waals surface area contributed by atoms with Gasteiger partial charge in [0.05, 0.1) is 5.69 Å². The molecule has 6 heteroatoms. The van der Waals surface area contributed by atoms with Crippen molar-refractivity contribution in [1.29, 1.82) is 0 Å². The van der Waals surface area contributed by atoms with Gasteiger partial charge >= 0.3 is 5.97 Å². The molecule has 1 aromatic heterocycles. The number of aromatic amines is 1. The highest BCUT2D eigenvalue weighted by Gasteiger charge is 2.06. The first-order chi connectivity index (χ1) is 9.06. The zero-order chi connectivity index (χ0) is 13.8. The fourth-order valence-electron chi connectivity index (χ4n) is 1.82. The molecule has 19 heavy (non-hydrogen) atoms. The number of aliphatic carboxylic acids is 1. The number of carboxylic acid groups (broad SMARTS) is 1. The molecule has 0 spiro atoms. The standard InChI is InChI=1S/C13H15N3O3/c14-9-4-6-11(7-5-9)16-12(17)8-10(15-16)2-1-3-13(18)19/h4-8,15H,1-3,14H2,(H,18,19). The molecule has 2 aromatic rings. The molecule has 0 aliphatic carbocycles. The molecule has 0 atom stereocenters. The van der Waals surface area contributed by atoms with Crippen LogP contribution in [0.3, 0.4) is 0 Å². The number of aromatic nitrogens is 2. The van der Waals surface area contributed by atoms with Crippen molar-refractivity contribution < 1.29 is 9.90 Å². The Labute approximate surface area is 109 Å². The van der Waals surface area contributed by atoms with Crippen LogP contribution in [0.1, 0.15) is 18.5 Å². The number of hydrogen-bond donors (Lipinski definition) is 3. The van der Waals surface area contributed by atoms with Crippen LogP contribution in [0, 0.1) is 0 Å². The Bertz CT molecular complexity index is 625. The maximum absolute atomic E-state index is 11.8. The van der Waals surface area contributed by atoms with Crippen molar-refractivity contribution in [3.8, 4) is 5.69 Å². The van der Waals surface area contributed by atoms with Crippen LogP contribution in [0.5, 0.6) is 0 Å². The van der Waals surface area contributed by atoms with E-state index in [4.69, 9.17) is 10.8 Å². The van der Waals surface area contributed by atoms with Gasteiger partial charge in [0.1, 0.15) is 0 Å². The largest absolute Gasteiger partial charge is 0.481 e. The van der Waals surface area contributed by atoms with Gasteiger partial charge in [-0.3, -0.25) is 14.7 Å². The van der Waals surface area contributed by atoms with Crippen molar-refractivity contribution in [2.24, 2.45) is 0 Å². The van der Waals surface area contributed by atoms with Crippen molar-refractivity contribution in [3.05, 3.63) is 46.4 Å². The molecule has 2 rings (SSSR count). The maximum atomic E-state index is 11.8. The second-order valence-corrected chi connectivity index (χ2v) is 4.29. The van der Waals surface area contributed by atoms with Gasteiger partial charge in [-0.2, -0.15) is 0 Å². The lowest BCUT2D eigenvalue weighted by molar-refractivity contribution is -0.137. The van der Waals surface area contributed by atoms with Crippen LogP contribution in [0.2, 0.25) is 0 Å². The van der Waals surface area contributed by atoms with Crippen LogP contribution in [0.4, 0.5) is 5.69 Å². The summed E-state index contributed by atoms with van der Waals surface area (Å²) in [5.74, 6) is -0.833. The average Bonchev–Trinajstić information content (AvgIpc) is 2.71. The molecule has 1 heterocycles. The number of carboxylic acids is 1. The second-order valence-electron chi connectivity index (χ2n) is 4.29. The molecule has 0 unspecified atom stereocenters. The van der Waals surface area contributed by atoms with Crippen LogP contribution in [0.25, 0.3) is 5.69 Å². The van der Waals surface area contributed by atoms with Crippen molar-refractivity contribution >= 4 is 11.7 Å². The molecular weight excluding hydrogens is 246 g/mol. The first kappa shape index (κ1) is 12.9. The zero-order valence-corrected chi connectivity index (χ0v) is 10.3. The quantitative estimate of drug-likeness (QED) is 0.703. The number of benzene rings is 1. The predicted molar refractivity (Wildman–Crippen MR) is 71.4 cm³/mol. The van der Waals surface area contributed by atoms with Gasteiger partial charge < -0.3 is 10.8 Å². The fourth-order valence-corrected chi connectivity index (χ4v) is 1.82. The molecule has 0 saturated carbocycles. The molecule has 100 valence electrons. The number of carbonyl (C=O) groups is 1. The Morgan fingerprint density at radius 2 is 2.00 bits per heavy atom. The summed E-state index contributed by atoms with van der Waals surface area (Å²) < 4.78 is 1.41. The molecule has 0 radical (unpaired) electrons. The van der Waals surface area contributed by atoms with E-state index in [0.717, 1.165) is 5.69 Å². The minimum Gasteiger partial charge on any atom is -0.481 e. The van der Waals surface area contributed by atoms with Crippen LogP contribution < -0.4 is 11.3 Å². The van der Waals surface area contributed by atoms with Crippen molar-refractivity contribution in [3.63, 3.8) is 0 Å². The van der Waals surface area contributed by atoms with E-state index >= 15 is 0 Å². The van der Waals surface area contributed by atoms with Crippen LogP contribution >= 0.6 is 0 Å². The highest BCUT2D eigenvalue weighted by Crippen LogP contribution is 2.09. The fraction of sp³-hybridized carbons (Fsp3) is 0.231. The number of rotatable bonds is 5. The Balaban J connectivity index is 2.14. The summed E-state index contributed by atoms with van der Waals surface area (Å²) in [5.41, 5.74) is 7.47. The number of nitrogens with two attached hydrogens (primary N) is 1. The summed E-state index contributed by atoms with van der Waals surface area (Å²) in [7, 11) is 0. The molecule has 6 nitrogen and oxygen atoms in total. The van der Waals surface area contributed by atoms with Gasteiger partial charge in [-0.25, -0.2) is 4.68 Å². The van der Waals surface area contributed by atoms with Crippen molar-refractivity contribution in [1.82, 2.24) is 9.78 Å². The first-order valence-corrected chi connectivity index (χ1v) is 5.95. The third-order valence-corrected chi connectivity index (χ3v) is 2.76. The van der Waals surface area contributed by atoms with E-state index in [0.29, 0.717) is 24.2 Å². The number of hydrogen-bond acceptors (Lipinski definition) is 3.